The molecule has 1 aliphatic carbocycles. The van der Waals surface area contributed by atoms with Crippen molar-refractivity contribution < 1.29 is 4.79 Å². The smallest absolute Gasteiger partial charge is 0.320 e. The lowest BCUT2D eigenvalue weighted by Gasteiger charge is -2.35. The molecule has 1 aliphatic heterocycles. The molecule has 29 heavy (non-hydrogen) atoms. The highest BCUT2D eigenvalue weighted by molar-refractivity contribution is 5.88. The molecular formula is C22H30N6O. The molecule has 154 valence electrons. The van der Waals surface area contributed by atoms with Crippen molar-refractivity contribution in [2.75, 3.05) is 36.4 Å². The van der Waals surface area contributed by atoms with E-state index in [0.717, 1.165) is 51.4 Å². The quantitative estimate of drug-likeness (QED) is 0.814. The van der Waals surface area contributed by atoms with Crippen molar-refractivity contribution in [1.82, 2.24) is 20.2 Å². The molecule has 2 aliphatic rings. The second-order valence-corrected chi connectivity index (χ2v) is 7.94. The van der Waals surface area contributed by atoms with Crippen molar-refractivity contribution in [2.45, 2.75) is 44.7 Å². The van der Waals surface area contributed by atoms with E-state index < -0.39 is 0 Å². The van der Waals surface area contributed by atoms with E-state index in [1.54, 1.807) is 0 Å². The zero-order chi connectivity index (χ0) is 19.9. The van der Waals surface area contributed by atoms with Gasteiger partial charge in [0.2, 0.25) is 0 Å². The second-order valence-electron chi connectivity index (χ2n) is 7.94. The second kappa shape index (κ2) is 9.69. The largest absolute Gasteiger partial charge is 0.354 e. The van der Waals surface area contributed by atoms with Gasteiger partial charge >= 0.3 is 6.03 Å². The third-order valence-electron chi connectivity index (χ3n) is 5.78. The molecule has 0 atom stereocenters. The minimum absolute atomic E-state index is 0.172. The van der Waals surface area contributed by atoms with Crippen molar-refractivity contribution >= 4 is 17.7 Å². The van der Waals surface area contributed by atoms with Crippen LogP contribution in [0.3, 0.4) is 0 Å². The van der Waals surface area contributed by atoms with Gasteiger partial charge in [-0.15, -0.1) is 0 Å². The molecule has 0 bridgehead atoms. The van der Waals surface area contributed by atoms with E-state index in [2.05, 4.69) is 60.7 Å². The molecule has 0 spiro atoms. The minimum atomic E-state index is -0.172. The predicted molar refractivity (Wildman–Crippen MR) is 115 cm³/mol. The first kappa shape index (κ1) is 19.6. The summed E-state index contributed by atoms with van der Waals surface area (Å²) in [5.41, 5.74) is 1.35. The van der Waals surface area contributed by atoms with Crippen LogP contribution in [0.15, 0.2) is 42.7 Å². The zero-order valence-corrected chi connectivity index (χ0v) is 16.9. The lowest BCUT2D eigenvalue weighted by Crippen LogP contribution is -2.46. The van der Waals surface area contributed by atoms with Crippen LogP contribution >= 0.6 is 0 Å². The van der Waals surface area contributed by atoms with E-state index >= 15 is 0 Å². The van der Waals surface area contributed by atoms with Crippen molar-refractivity contribution in [3.8, 4) is 0 Å². The fourth-order valence-electron chi connectivity index (χ4n) is 4.15. The molecule has 1 saturated heterocycles. The molecule has 0 radical (unpaired) electrons. The van der Waals surface area contributed by atoms with Gasteiger partial charge in [-0.25, -0.2) is 14.8 Å². The number of carbonyl (C=O) groups is 1. The van der Waals surface area contributed by atoms with Gasteiger partial charge in [-0.3, -0.25) is 10.2 Å². The molecular weight excluding hydrogens is 364 g/mol. The van der Waals surface area contributed by atoms with Gasteiger partial charge in [0.05, 0.1) is 0 Å². The fraction of sp³-hybridized carbons (Fsp3) is 0.500. The number of aromatic nitrogens is 2. The number of hydrogen-bond acceptors (Lipinski definition) is 5. The first-order valence-electron chi connectivity index (χ1n) is 10.7. The van der Waals surface area contributed by atoms with E-state index in [0.29, 0.717) is 5.82 Å². The highest BCUT2D eigenvalue weighted by Crippen LogP contribution is 2.19. The molecule has 1 aromatic heterocycles. The van der Waals surface area contributed by atoms with Crippen LogP contribution in [0.2, 0.25) is 0 Å². The number of nitrogens with one attached hydrogen (secondary N) is 2. The number of hydrogen-bond donors (Lipinski definition) is 2. The predicted octanol–water partition coefficient (Wildman–Crippen LogP) is 3.25. The number of rotatable bonds is 5. The van der Waals surface area contributed by atoms with Crippen molar-refractivity contribution in [2.24, 2.45) is 0 Å². The minimum Gasteiger partial charge on any atom is -0.354 e. The Kier molecular flexibility index (Phi) is 6.56. The normalized spacial score (nSPS) is 18.4. The maximum atomic E-state index is 12.3. The Morgan fingerprint density at radius 2 is 1.76 bits per heavy atom. The van der Waals surface area contributed by atoms with Crippen LogP contribution in [0.4, 0.5) is 16.4 Å². The molecule has 2 fully saturated rings. The van der Waals surface area contributed by atoms with Gasteiger partial charge in [0.15, 0.2) is 0 Å². The summed E-state index contributed by atoms with van der Waals surface area (Å²) in [6.45, 7) is 4.79. The van der Waals surface area contributed by atoms with Gasteiger partial charge in [-0.1, -0.05) is 49.6 Å². The maximum Gasteiger partial charge on any atom is 0.320 e. The highest BCUT2D eigenvalue weighted by atomic mass is 16.2. The number of piperazine rings is 1. The molecule has 2 N–H and O–H groups in total. The van der Waals surface area contributed by atoms with Gasteiger partial charge < -0.3 is 10.2 Å². The summed E-state index contributed by atoms with van der Waals surface area (Å²) in [4.78, 5) is 25.6. The van der Waals surface area contributed by atoms with Gasteiger partial charge in [0, 0.05) is 44.8 Å². The molecule has 4 rings (SSSR count). The van der Waals surface area contributed by atoms with Crippen LogP contribution < -0.4 is 15.5 Å². The van der Waals surface area contributed by atoms with E-state index in [1.165, 1.54) is 31.2 Å². The highest BCUT2D eigenvalue weighted by Gasteiger charge is 2.19. The monoisotopic (exact) mass is 394 g/mol. The molecule has 1 aromatic carbocycles. The molecule has 2 amide bonds. The third-order valence-corrected chi connectivity index (χ3v) is 5.78. The summed E-state index contributed by atoms with van der Waals surface area (Å²) in [7, 11) is 0. The summed E-state index contributed by atoms with van der Waals surface area (Å²) in [6, 6.07) is 12.6. The standard InChI is InChI=1S/C22H30N6O/c29-22(25-19-9-5-2-6-10-19)26-20-15-21(24-17-23-20)28-13-11-27(12-14-28)16-18-7-3-1-4-8-18/h1,3-4,7-8,15,17,19H,2,5-6,9-14,16H2,(H2,23,24,25,26,29). The number of amides is 2. The van der Waals surface area contributed by atoms with E-state index in [1.807, 2.05) is 6.07 Å². The zero-order valence-electron chi connectivity index (χ0n) is 16.9. The van der Waals surface area contributed by atoms with E-state index in [4.69, 9.17) is 0 Å². The Balaban J connectivity index is 1.28. The van der Waals surface area contributed by atoms with Crippen LogP contribution in [0.5, 0.6) is 0 Å². The number of nitrogens with zero attached hydrogens (tertiary/aromatic N) is 4. The summed E-state index contributed by atoms with van der Waals surface area (Å²) >= 11 is 0. The Morgan fingerprint density at radius 3 is 2.52 bits per heavy atom. The van der Waals surface area contributed by atoms with E-state index in [9.17, 15) is 4.79 Å². The van der Waals surface area contributed by atoms with Crippen molar-refractivity contribution in [1.29, 1.82) is 0 Å². The van der Waals surface area contributed by atoms with Gasteiger partial charge in [-0.2, -0.15) is 0 Å². The first-order valence-corrected chi connectivity index (χ1v) is 10.7. The lowest BCUT2D eigenvalue weighted by molar-refractivity contribution is 0.244. The summed E-state index contributed by atoms with van der Waals surface area (Å²) < 4.78 is 0. The summed E-state index contributed by atoms with van der Waals surface area (Å²) in [5, 5.41) is 5.94. The summed E-state index contributed by atoms with van der Waals surface area (Å²) in [6.07, 6.45) is 7.32. The SMILES string of the molecule is O=C(Nc1cc(N2CCN(Cc3ccccc3)CC2)ncn1)NC1CCCCC1. The Hall–Kier alpha value is -2.67. The number of benzene rings is 1. The molecule has 2 heterocycles. The van der Waals surface area contributed by atoms with E-state index in [-0.39, 0.29) is 12.1 Å². The van der Waals surface area contributed by atoms with Gasteiger partial charge in [0.1, 0.15) is 18.0 Å². The molecule has 7 nitrogen and oxygen atoms in total. The summed E-state index contributed by atoms with van der Waals surface area (Å²) in [5.74, 6) is 1.42. The molecule has 2 aromatic rings. The van der Waals surface area contributed by atoms with Crippen LogP contribution in [-0.2, 0) is 6.54 Å². The molecule has 7 heteroatoms. The van der Waals surface area contributed by atoms with Crippen molar-refractivity contribution in [3.05, 3.63) is 48.3 Å². The fourth-order valence-corrected chi connectivity index (χ4v) is 4.15. The van der Waals surface area contributed by atoms with Crippen LogP contribution in [-0.4, -0.2) is 53.1 Å². The number of urea groups is 1. The van der Waals surface area contributed by atoms with Crippen LogP contribution in [0.1, 0.15) is 37.7 Å². The third kappa shape index (κ3) is 5.67. The number of anilines is 2. The van der Waals surface area contributed by atoms with Gasteiger partial charge in [-0.05, 0) is 18.4 Å². The Bertz CT molecular complexity index is 785. The van der Waals surface area contributed by atoms with Crippen LogP contribution in [0.25, 0.3) is 0 Å². The van der Waals surface area contributed by atoms with Gasteiger partial charge in [0.25, 0.3) is 0 Å². The van der Waals surface area contributed by atoms with Crippen LogP contribution in [0, 0.1) is 0 Å². The van der Waals surface area contributed by atoms with Crippen molar-refractivity contribution in [3.63, 3.8) is 0 Å². The number of carbonyl (C=O) groups excluding carboxylic acids is 1. The maximum absolute atomic E-state index is 12.3. The first-order chi connectivity index (χ1) is 14.3. The Labute approximate surface area is 172 Å². The topological polar surface area (TPSA) is 73.4 Å². The Morgan fingerprint density at radius 1 is 1.00 bits per heavy atom. The average molecular weight is 395 g/mol. The molecule has 1 saturated carbocycles. The average Bonchev–Trinajstić information content (AvgIpc) is 2.76. The lowest BCUT2D eigenvalue weighted by atomic mass is 9.96. The molecule has 0 unspecified atom stereocenters.